The molecule has 2 rings (SSSR count). The van der Waals surface area contributed by atoms with Gasteiger partial charge in [-0.2, -0.15) is 5.10 Å². The first kappa shape index (κ1) is 21.8. The molecule has 6 heteroatoms. The van der Waals surface area contributed by atoms with Gasteiger partial charge in [0.2, 0.25) is 0 Å². The minimum Gasteiger partial charge on any atom is -0.378 e. The average Bonchev–Trinajstić information content (AvgIpc) is 2.81. The Hall–Kier alpha value is -1.23. The largest absolute Gasteiger partial charge is 0.378 e. The van der Waals surface area contributed by atoms with Gasteiger partial charge in [-0.05, 0) is 29.7 Å². The second-order valence-corrected chi connectivity index (χ2v) is 6.00. The summed E-state index contributed by atoms with van der Waals surface area (Å²) < 4.78 is 1.97. The van der Waals surface area contributed by atoms with Crippen LogP contribution in [-0.4, -0.2) is 23.9 Å². The Bertz CT molecular complexity index is 577. The van der Waals surface area contributed by atoms with Crippen molar-refractivity contribution in [2.45, 2.75) is 32.9 Å². The van der Waals surface area contributed by atoms with Crippen LogP contribution in [0.4, 0.5) is 5.69 Å². The van der Waals surface area contributed by atoms with E-state index >= 15 is 0 Å². The van der Waals surface area contributed by atoms with Gasteiger partial charge in [-0.3, -0.25) is 4.68 Å². The Morgan fingerprint density at radius 3 is 2.17 bits per heavy atom. The van der Waals surface area contributed by atoms with Crippen LogP contribution in [0.1, 0.15) is 36.7 Å². The van der Waals surface area contributed by atoms with Crippen molar-refractivity contribution in [3.05, 3.63) is 47.3 Å². The number of nitrogens with zero attached hydrogens (tertiary/aromatic N) is 3. The number of halogens is 2. The number of aryl methyl sites for hydroxylation is 1. The zero-order valence-corrected chi connectivity index (χ0v) is 16.2. The molecule has 0 aliphatic rings. The quantitative estimate of drug-likeness (QED) is 0.853. The summed E-state index contributed by atoms with van der Waals surface area (Å²) in [5.74, 6) is 0.475. The van der Waals surface area contributed by atoms with Crippen LogP contribution in [0.2, 0.25) is 0 Å². The molecule has 0 amide bonds. The van der Waals surface area contributed by atoms with Crippen LogP contribution in [0.25, 0.3) is 0 Å². The molecule has 0 aliphatic carbocycles. The Kier molecular flexibility index (Phi) is 9.28. The molecule has 0 saturated carbocycles. The van der Waals surface area contributed by atoms with Gasteiger partial charge < -0.3 is 10.2 Å². The van der Waals surface area contributed by atoms with Crippen LogP contribution in [0.5, 0.6) is 0 Å². The van der Waals surface area contributed by atoms with E-state index < -0.39 is 0 Å². The molecule has 2 aromatic rings. The maximum absolute atomic E-state index is 4.54. The zero-order valence-electron chi connectivity index (χ0n) is 14.5. The fourth-order valence-corrected chi connectivity index (χ4v) is 2.22. The minimum absolute atomic E-state index is 0. The van der Waals surface area contributed by atoms with E-state index in [1.807, 2.05) is 11.7 Å². The van der Waals surface area contributed by atoms with Crippen LogP contribution in [-0.2, 0) is 20.1 Å². The highest BCUT2D eigenvalue weighted by Crippen LogP contribution is 2.14. The zero-order chi connectivity index (χ0) is 15.4. The number of anilines is 1. The van der Waals surface area contributed by atoms with Gasteiger partial charge >= 0.3 is 0 Å². The van der Waals surface area contributed by atoms with Crippen molar-refractivity contribution in [1.29, 1.82) is 0 Å². The summed E-state index contributed by atoms with van der Waals surface area (Å²) in [5, 5.41) is 8.02. The van der Waals surface area contributed by atoms with Crippen LogP contribution in [0.15, 0.2) is 30.3 Å². The molecule has 0 aliphatic heterocycles. The maximum atomic E-state index is 4.54. The molecular weight excluding hydrogens is 331 g/mol. The first-order chi connectivity index (χ1) is 9.97. The van der Waals surface area contributed by atoms with Crippen molar-refractivity contribution < 1.29 is 0 Å². The van der Waals surface area contributed by atoms with E-state index in [0.717, 1.165) is 18.8 Å². The third-order valence-corrected chi connectivity index (χ3v) is 3.68. The molecule has 1 aromatic heterocycles. The highest BCUT2D eigenvalue weighted by molar-refractivity contribution is 5.85. The van der Waals surface area contributed by atoms with E-state index in [1.165, 1.54) is 16.9 Å². The van der Waals surface area contributed by atoms with Gasteiger partial charge in [0.05, 0.1) is 11.4 Å². The monoisotopic (exact) mass is 358 g/mol. The summed E-state index contributed by atoms with van der Waals surface area (Å²) in [6.07, 6.45) is 0. The van der Waals surface area contributed by atoms with E-state index in [4.69, 9.17) is 0 Å². The standard InChI is InChI=1S/C17H26N4.2ClH/c1-13(2)17-10-16(21(5)19-17)12-18-11-14-6-8-15(9-7-14)20(3)4;;/h6-10,13,18H,11-12H2,1-5H3;2*1H. The van der Waals surface area contributed by atoms with E-state index in [1.54, 1.807) is 0 Å². The number of nitrogens with one attached hydrogen (secondary N) is 1. The van der Waals surface area contributed by atoms with Crippen molar-refractivity contribution in [2.75, 3.05) is 19.0 Å². The lowest BCUT2D eigenvalue weighted by Gasteiger charge is -2.13. The molecule has 23 heavy (non-hydrogen) atoms. The Morgan fingerprint density at radius 1 is 1.09 bits per heavy atom. The highest BCUT2D eigenvalue weighted by Gasteiger charge is 2.07. The molecule has 4 nitrogen and oxygen atoms in total. The Labute approximate surface area is 152 Å². The van der Waals surface area contributed by atoms with Gasteiger partial charge in [-0.25, -0.2) is 0 Å². The van der Waals surface area contributed by atoms with E-state index in [0.29, 0.717) is 5.92 Å². The molecule has 1 heterocycles. The summed E-state index contributed by atoms with van der Waals surface area (Å²) in [4.78, 5) is 2.11. The van der Waals surface area contributed by atoms with Gasteiger partial charge in [-0.15, -0.1) is 24.8 Å². The maximum Gasteiger partial charge on any atom is 0.0653 e. The number of hydrogen-bond acceptors (Lipinski definition) is 3. The van der Waals surface area contributed by atoms with Gasteiger partial charge in [0, 0.05) is 39.9 Å². The van der Waals surface area contributed by atoms with E-state index in [9.17, 15) is 0 Å². The number of benzene rings is 1. The third kappa shape index (κ3) is 6.05. The SMILES string of the molecule is CC(C)c1cc(CNCc2ccc(N(C)C)cc2)n(C)n1.Cl.Cl. The van der Waals surface area contributed by atoms with E-state index in [2.05, 4.69) is 73.6 Å². The van der Waals surface area contributed by atoms with Crippen molar-refractivity contribution in [2.24, 2.45) is 7.05 Å². The van der Waals surface area contributed by atoms with Gasteiger partial charge in [0.25, 0.3) is 0 Å². The van der Waals surface area contributed by atoms with E-state index in [-0.39, 0.29) is 24.8 Å². The fourth-order valence-electron chi connectivity index (χ4n) is 2.22. The number of hydrogen-bond donors (Lipinski definition) is 1. The predicted octanol–water partition coefficient (Wildman–Crippen LogP) is 3.74. The highest BCUT2D eigenvalue weighted by atomic mass is 35.5. The average molecular weight is 359 g/mol. The van der Waals surface area contributed by atoms with Crippen LogP contribution >= 0.6 is 24.8 Å². The van der Waals surface area contributed by atoms with Crippen molar-refractivity contribution in [3.63, 3.8) is 0 Å². The van der Waals surface area contributed by atoms with Crippen molar-refractivity contribution in [1.82, 2.24) is 15.1 Å². The summed E-state index contributed by atoms with van der Waals surface area (Å²) in [5.41, 5.74) is 4.91. The first-order valence-corrected chi connectivity index (χ1v) is 7.47. The van der Waals surface area contributed by atoms with Crippen molar-refractivity contribution >= 4 is 30.5 Å². The normalized spacial score (nSPS) is 10.2. The van der Waals surface area contributed by atoms with Gasteiger partial charge in [-0.1, -0.05) is 26.0 Å². The smallest absolute Gasteiger partial charge is 0.0653 e. The van der Waals surface area contributed by atoms with Crippen molar-refractivity contribution in [3.8, 4) is 0 Å². The second-order valence-electron chi connectivity index (χ2n) is 6.00. The molecule has 0 radical (unpaired) electrons. The molecule has 0 fully saturated rings. The Balaban J connectivity index is 0.00000242. The Morgan fingerprint density at radius 2 is 1.70 bits per heavy atom. The molecule has 130 valence electrons. The molecular formula is C17H28Cl2N4. The minimum atomic E-state index is 0. The summed E-state index contributed by atoms with van der Waals surface area (Å²) in [6, 6.07) is 10.8. The van der Waals surface area contributed by atoms with Crippen LogP contribution in [0, 0.1) is 0 Å². The van der Waals surface area contributed by atoms with Crippen LogP contribution < -0.4 is 10.2 Å². The summed E-state index contributed by atoms with van der Waals surface area (Å²) >= 11 is 0. The predicted molar refractivity (Wildman–Crippen MR) is 103 cm³/mol. The fraction of sp³-hybridized carbons (Fsp3) is 0.471. The summed E-state index contributed by atoms with van der Waals surface area (Å²) in [6.45, 7) is 6.05. The second kappa shape index (κ2) is 9.81. The molecule has 1 N–H and O–H groups in total. The molecule has 0 bridgehead atoms. The molecule has 0 saturated heterocycles. The lowest BCUT2D eigenvalue weighted by atomic mass is 10.1. The number of aromatic nitrogens is 2. The molecule has 1 aromatic carbocycles. The molecule has 0 unspecified atom stereocenters. The van der Waals surface area contributed by atoms with Gasteiger partial charge in [0.15, 0.2) is 0 Å². The summed E-state index contributed by atoms with van der Waals surface area (Å²) in [7, 11) is 6.12. The van der Waals surface area contributed by atoms with Crippen LogP contribution in [0.3, 0.4) is 0 Å². The lowest BCUT2D eigenvalue weighted by molar-refractivity contribution is 0.620. The third-order valence-electron chi connectivity index (χ3n) is 3.68. The topological polar surface area (TPSA) is 33.1 Å². The molecule has 0 atom stereocenters. The number of rotatable bonds is 6. The van der Waals surface area contributed by atoms with Gasteiger partial charge in [0.1, 0.15) is 0 Å². The first-order valence-electron chi connectivity index (χ1n) is 7.47. The molecule has 0 spiro atoms. The lowest BCUT2D eigenvalue weighted by Crippen LogP contribution is -2.15.